The molecule has 3 heterocycles. The van der Waals surface area contributed by atoms with Crippen LogP contribution in [0.1, 0.15) is 12.5 Å². The highest BCUT2D eigenvalue weighted by atomic mass is 16.5. The molecule has 10 heteroatoms. The summed E-state index contributed by atoms with van der Waals surface area (Å²) in [5.41, 5.74) is 3.88. The average Bonchev–Trinajstić information content (AvgIpc) is 3.25. The number of nitrogens with zero attached hydrogens (tertiary/aromatic N) is 5. The van der Waals surface area contributed by atoms with Gasteiger partial charge in [-0.3, -0.25) is 0 Å². The molecule has 0 aliphatic rings. The first-order valence-electron chi connectivity index (χ1n) is 9.93. The van der Waals surface area contributed by atoms with E-state index in [1.54, 1.807) is 38.2 Å². The van der Waals surface area contributed by atoms with Crippen molar-refractivity contribution in [1.29, 1.82) is 0 Å². The molecule has 166 valence electrons. The van der Waals surface area contributed by atoms with Crippen LogP contribution in [0.4, 0.5) is 11.5 Å². The number of nitrogens with one attached hydrogen (secondary N) is 1. The Kier molecular flexibility index (Phi) is 5.93. The van der Waals surface area contributed by atoms with Gasteiger partial charge < -0.3 is 24.3 Å². The normalized spacial score (nSPS) is 10.8. The molecule has 1 N–H and O–H groups in total. The van der Waals surface area contributed by atoms with Gasteiger partial charge in [0.15, 0.2) is 17.1 Å². The van der Waals surface area contributed by atoms with Crippen LogP contribution in [0, 0.1) is 0 Å². The van der Waals surface area contributed by atoms with Gasteiger partial charge in [-0.05, 0) is 24.1 Å². The standard InChI is InChI=1S/C22H24N6O4/c1-6-13-9-14(10-17(29-2)19(13)30-3)25-18-7-8-28-20(26-18)15(12-24-28)16-11-23-22(32-5)27-21(16)31-4/h7-12H,6H2,1-5H3,(H,25,26). The van der Waals surface area contributed by atoms with Crippen LogP contribution in [-0.2, 0) is 6.42 Å². The maximum Gasteiger partial charge on any atom is 0.319 e. The topological polar surface area (TPSA) is 105 Å². The molecule has 32 heavy (non-hydrogen) atoms. The maximum atomic E-state index is 5.50. The Bertz CT molecular complexity index is 1230. The molecule has 0 amide bonds. The first-order chi connectivity index (χ1) is 15.6. The van der Waals surface area contributed by atoms with E-state index < -0.39 is 0 Å². The van der Waals surface area contributed by atoms with Crippen molar-refractivity contribution in [2.75, 3.05) is 33.8 Å². The Morgan fingerprint density at radius 1 is 0.938 bits per heavy atom. The van der Waals surface area contributed by atoms with E-state index in [0.717, 1.165) is 29.0 Å². The van der Waals surface area contributed by atoms with Crippen LogP contribution in [0.2, 0.25) is 0 Å². The maximum absolute atomic E-state index is 5.50. The fourth-order valence-corrected chi connectivity index (χ4v) is 3.44. The van der Waals surface area contributed by atoms with Gasteiger partial charge in [-0.15, -0.1) is 0 Å². The number of hydrogen-bond acceptors (Lipinski definition) is 9. The quantitative estimate of drug-likeness (QED) is 0.444. The molecule has 0 saturated heterocycles. The Labute approximate surface area is 185 Å². The molecule has 0 atom stereocenters. The first-order valence-corrected chi connectivity index (χ1v) is 9.93. The number of fused-ring (bicyclic) bond motifs is 1. The molecule has 4 aromatic rings. The highest BCUT2D eigenvalue weighted by Gasteiger charge is 2.17. The van der Waals surface area contributed by atoms with Gasteiger partial charge in [0.05, 0.1) is 45.8 Å². The minimum atomic E-state index is 0.220. The van der Waals surface area contributed by atoms with Crippen LogP contribution < -0.4 is 24.3 Å². The largest absolute Gasteiger partial charge is 0.493 e. The van der Waals surface area contributed by atoms with Gasteiger partial charge in [-0.1, -0.05) is 6.92 Å². The molecule has 0 bridgehead atoms. The summed E-state index contributed by atoms with van der Waals surface area (Å²) >= 11 is 0. The number of hydrogen-bond donors (Lipinski definition) is 1. The van der Waals surface area contributed by atoms with Crippen LogP contribution in [0.15, 0.2) is 36.8 Å². The predicted octanol–water partition coefficient (Wildman–Crippen LogP) is 3.53. The first kappa shape index (κ1) is 21.2. The second kappa shape index (κ2) is 8.96. The van der Waals surface area contributed by atoms with E-state index in [9.17, 15) is 0 Å². The third-order valence-corrected chi connectivity index (χ3v) is 4.98. The molecule has 0 unspecified atom stereocenters. The number of aromatic nitrogens is 5. The van der Waals surface area contributed by atoms with Crippen molar-refractivity contribution < 1.29 is 18.9 Å². The third kappa shape index (κ3) is 3.82. The Morgan fingerprint density at radius 2 is 1.78 bits per heavy atom. The van der Waals surface area contributed by atoms with Gasteiger partial charge in [0, 0.05) is 24.1 Å². The molecular formula is C22H24N6O4. The van der Waals surface area contributed by atoms with Gasteiger partial charge in [-0.25, -0.2) is 14.5 Å². The third-order valence-electron chi connectivity index (χ3n) is 4.98. The van der Waals surface area contributed by atoms with Crippen LogP contribution in [0.25, 0.3) is 16.8 Å². The summed E-state index contributed by atoms with van der Waals surface area (Å²) in [6.07, 6.45) is 5.95. The minimum Gasteiger partial charge on any atom is -0.493 e. The summed E-state index contributed by atoms with van der Waals surface area (Å²) in [7, 11) is 6.30. The van der Waals surface area contributed by atoms with Crippen molar-refractivity contribution in [3.63, 3.8) is 0 Å². The molecule has 0 saturated carbocycles. The van der Waals surface area contributed by atoms with Gasteiger partial charge in [0.25, 0.3) is 0 Å². The summed E-state index contributed by atoms with van der Waals surface area (Å²) in [4.78, 5) is 13.2. The molecular weight excluding hydrogens is 412 g/mol. The number of methoxy groups -OCH3 is 4. The fraction of sp³-hybridized carbons (Fsp3) is 0.273. The molecule has 0 radical (unpaired) electrons. The smallest absolute Gasteiger partial charge is 0.319 e. The highest BCUT2D eigenvalue weighted by Crippen LogP contribution is 2.36. The predicted molar refractivity (Wildman–Crippen MR) is 119 cm³/mol. The number of aryl methyl sites for hydroxylation is 1. The average molecular weight is 436 g/mol. The summed E-state index contributed by atoms with van der Waals surface area (Å²) in [5, 5.41) is 7.73. The lowest BCUT2D eigenvalue weighted by Gasteiger charge is -2.15. The van der Waals surface area contributed by atoms with Gasteiger partial charge in [-0.2, -0.15) is 10.1 Å². The zero-order valence-corrected chi connectivity index (χ0v) is 18.5. The highest BCUT2D eigenvalue weighted by molar-refractivity contribution is 5.80. The van der Waals surface area contributed by atoms with Crippen molar-refractivity contribution in [2.45, 2.75) is 13.3 Å². The molecule has 1 aromatic carbocycles. The summed E-state index contributed by atoms with van der Waals surface area (Å²) < 4.78 is 23.2. The molecule has 0 fully saturated rings. The van der Waals surface area contributed by atoms with Crippen molar-refractivity contribution in [3.05, 3.63) is 42.4 Å². The number of anilines is 2. The van der Waals surface area contributed by atoms with E-state index in [1.807, 2.05) is 24.4 Å². The molecule has 10 nitrogen and oxygen atoms in total. The summed E-state index contributed by atoms with van der Waals surface area (Å²) in [6, 6.07) is 5.96. The lowest BCUT2D eigenvalue weighted by molar-refractivity contribution is 0.352. The Hall–Kier alpha value is -4.08. The molecule has 3 aromatic heterocycles. The Morgan fingerprint density at radius 3 is 2.47 bits per heavy atom. The summed E-state index contributed by atoms with van der Waals surface area (Å²) in [6.45, 7) is 2.06. The van der Waals surface area contributed by atoms with E-state index >= 15 is 0 Å². The molecule has 0 spiro atoms. The van der Waals surface area contributed by atoms with E-state index in [0.29, 0.717) is 28.7 Å². The van der Waals surface area contributed by atoms with Crippen LogP contribution in [-0.4, -0.2) is 53.0 Å². The lowest BCUT2D eigenvalue weighted by Crippen LogP contribution is -2.01. The Balaban J connectivity index is 1.74. The fourth-order valence-electron chi connectivity index (χ4n) is 3.44. The van der Waals surface area contributed by atoms with Crippen molar-refractivity contribution in [2.24, 2.45) is 0 Å². The second-order valence-electron chi connectivity index (χ2n) is 6.77. The number of benzene rings is 1. The monoisotopic (exact) mass is 436 g/mol. The van der Waals surface area contributed by atoms with E-state index in [4.69, 9.17) is 23.9 Å². The van der Waals surface area contributed by atoms with E-state index in [2.05, 4.69) is 27.3 Å². The minimum absolute atomic E-state index is 0.220. The molecule has 0 aliphatic heterocycles. The van der Waals surface area contributed by atoms with Gasteiger partial charge in [0.1, 0.15) is 5.82 Å². The van der Waals surface area contributed by atoms with E-state index in [-0.39, 0.29) is 6.01 Å². The van der Waals surface area contributed by atoms with Crippen molar-refractivity contribution >= 4 is 17.2 Å². The zero-order chi connectivity index (χ0) is 22.7. The number of rotatable bonds is 8. The lowest BCUT2D eigenvalue weighted by atomic mass is 10.1. The van der Waals surface area contributed by atoms with Crippen LogP contribution >= 0.6 is 0 Å². The molecule has 4 rings (SSSR count). The summed E-state index contributed by atoms with van der Waals surface area (Å²) in [5.74, 6) is 2.40. The van der Waals surface area contributed by atoms with Gasteiger partial charge >= 0.3 is 6.01 Å². The SMILES string of the molecule is CCc1cc(Nc2ccn3ncc(-c4cnc(OC)nc4OC)c3n2)cc(OC)c1OC. The van der Waals surface area contributed by atoms with Crippen molar-refractivity contribution in [3.8, 4) is 34.5 Å². The second-order valence-corrected chi connectivity index (χ2v) is 6.77. The number of ether oxygens (including phenoxy) is 4. The van der Waals surface area contributed by atoms with Crippen molar-refractivity contribution in [1.82, 2.24) is 24.6 Å². The molecule has 0 aliphatic carbocycles. The van der Waals surface area contributed by atoms with E-state index in [1.165, 1.54) is 7.11 Å². The van der Waals surface area contributed by atoms with Crippen LogP contribution in [0.5, 0.6) is 23.4 Å². The van der Waals surface area contributed by atoms with Crippen LogP contribution in [0.3, 0.4) is 0 Å². The van der Waals surface area contributed by atoms with Gasteiger partial charge in [0.2, 0.25) is 5.88 Å². The zero-order valence-electron chi connectivity index (χ0n) is 18.5.